The molecule has 0 radical (unpaired) electrons. The highest BCUT2D eigenvalue weighted by Crippen LogP contribution is 2.46. The molecule has 0 unspecified atom stereocenters. The first-order valence-corrected chi connectivity index (χ1v) is 19.1. The SMILES string of the molecule is c1ccc2cc(-c3c4ccccc4c(-c4ccc5ccccc5c4)c4cc(-c5ccc(-c6cncc(-c7cnc8ccccc8c7)c6)cc5)ccc34)ccc2c1. The summed E-state index contributed by atoms with van der Waals surface area (Å²) < 4.78 is 0. The van der Waals surface area contributed by atoms with Gasteiger partial charge in [-0.25, -0.2) is 0 Å². The van der Waals surface area contributed by atoms with E-state index in [1.165, 1.54) is 76.5 Å². The minimum absolute atomic E-state index is 0.993. The lowest BCUT2D eigenvalue weighted by Gasteiger charge is -2.19. The Morgan fingerprint density at radius 3 is 1.36 bits per heavy atom. The van der Waals surface area contributed by atoms with Gasteiger partial charge < -0.3 is 0 Å². The Morgan fingerprint density at radius 2 is 0.696 bits per heavy atom. The molecule has 11 rings (SSSR count). The Hall–Kier alpha value is -7.42. The molecular weight excluding hydrogens is 677 g/mol. The van der Waals surface area contributed by atoms with Crippen molar-refractivity contribution in [1.29, 1.82) is 0 Å². The van der Waals surface area contributed by atoms with Gasteiger partial charge in [0.05, 0.1) is 5.52 Å². The monoisotopic (exact) mass is 710 g/mol. The third-order valence-corrected chi connectivity index (χ3v) is 11.3. The molecule has 2 aromatic heterocycles. The molecule has 0 atom stereocenters. The molecule has 0 aliphatic rings. The van der Waals surface area contributed by atoms with Crippen molar-refractivity contribution < 1.29 is 0 Å². The summed E-state index contributed by atoms with van der Waals surface area (Å²) in [5, 5.41) is 11.1. The van der Waals surface area contributed by atoms with Gasteiger partial charge in [0, 0.05) is 40.7 Å². The molecule has 11 aromatic rings. The number of pyridine rings is 2. The van der Waals surface area contributed by atoms with E-state index < -0.39 is 0 Å². The van der Waals surface area contributed by atoms with Gasteiger partial charge in [0.2, 0.25) is 0 Å². The minimum atomic E-state index is 0.993. The molecule has 2 heteroatoms. The van der Waals surface area contributed by atoms with Crippen LogP contribution in [0.15, 0.2) is 207 Å². The zero-order valence-electron chi connectivity index (χ0n) is 30.5. The van der Waals surface area contributed by atoms with Gasteiger partial charge in [0.25, 0.3) is 0 Å². The summed E-state index contributed by atoms with van der Waals surface area (Å²) in [7, 11) is 0. The number of hydrogen-bond donors (Lipinski definition) is 0. The second kappa shape index (κ2) is 13.2. The molecule has 0 fully saturated rings. The van der Waals surface area contributed by atoms with Crippen LogP contribution in [0.25, 0.3) is 110 Å². The lowest BCUT2D eigenvalue weighted by atomic mass is 9.84. The number of nitrogens with zero attached hydrogens (tertiary/aromatic N) is 2. The average Bonchev–Trinajstić information content (AvgIpc) is 3.27. The maximum absolute atomic E-state index is 4.69. The molecule has 0 aliphatic carbocycles. The summed E-state index contributed by atoms with van der Waals surface area (Å²) in [5.41, 5.74) is 12.6. The molecule has 260 valence electrons. The van der Waals surface area contributed by atoms with Gasteiger partial charge in [0.1, 0.15) is 0 Å². The highest BCUT2D eigenvalue weighted by Gasteiger charge is 2.18. The zero-order chi connectivity index (χ0) is 37.0. The van der Waals surface area contributed by atoms with E-state index >= 15 is 0 Å². The van der Waals surface area contributed by atoms with E-state index in [9.17, 15) is 0 Å². The van der Waals surface area contributed by atoms with E-state index in [1.54, 1.807) is 0 Å². The van der Waals surface area contributed by atoms with Crippen molar-refractivity contribution in [3.63, 3.8) is 0 Å². The first kappa shape index (κ1) is 32.0. The fourth-order valence-electron chi connectivity index (χ4n) is 8.51. The molecule has 0 amide bonds. The number of para-hydroxylation sites is 1. The van der Waals surface area contributed by atoms with Crippen LogP contribution in [-0.2, 0) is 0 Å². The predicted molar refractivity (Wildman–Crippen MR) is 237 cm³/mol. The quantitative estimate of drug-likeness (QED) is 0.166. The fraction of sp³-hybridized carbons (Fsp3) is 0. The van der Waals surface area contributed by atoms with Crippen molar-refractivity contribution in [2.24, 2.45) is 0 Å². The molecule has 0 spiro atoms. The third kappa shape index (κ3) is 5.51. The van der Waals surface area contributed by atoms with Crippen LogP contribution in [0, 0.1) is 0 Å². The van der Waals surface area contributed by atoms with E-state index in [2.05, 4.69) is 186 Å². The minimum Gasteiger partial charge on any atom is -0.263 e. The van der Waals surface area contributed by atoms with Gasteiger partial charge in [-0.05, 0) is 118 Å². The summed E-state index contributed by atoms with van der Waals surface area (Å²) in [6.45, 7) is 0. The van der Waals surface area contributed by atoms with Gasteiger partial charge in [-0.15, -0.1) is 0 Å². The molecule has 0 N–H and O–H groups in total. The summed E-state index contributed by atoms with van der Waals surface area (Å²) >= 11 is 0. The van der Waals surface area contributed by atoms with Crippen LogP contribution in [0.3, 0.4) is 0 Å². The van der Waals surface area contributed by atoms with E-state index in [0.717, 1.165) is 33.2 Å². The zero-order valence-corrected chi connectivity index (χ0v) is 30.5. The van der Waals surface area contributed by atoms with Crippen LogP contribution in [0.1, 0.15) is 0 Å². The normalized spacial score (nSPS) is 11.6. The summed E-state index contributed by atoms with van der Waals surface area (Å²) in [6.07, 6.45) is 5.80. The second-order valence-electron chi connectivity index (χ2n) is 14.6. The van der Waals surface area contributed by atoms with Crippen molar-refractivity contribution in [2.45, 2.75) is 0 Å². The van der Waals surface area contributed by atoms with Gasteiger partial charge in [-0.2, -0.15) is 0 Å². The molecule has 56 heavy (non-hydrogen) atoms. The van der Waals surface area contributed by atoms with Gasteiger partial charge in [-0.1, -0.05) is 152 Å². The Kier molecular flexibility index (Phi) is 7.53. The number of benzene rings is 9. The third-order valence-electron chi connectivity index (χ3n) is 11.3. The van der Waals surface area contributed by atoms with E-state index in [0.29, 0.717) is 0 Å². The molecule has 0 saturated heterocycles. The van der Waals surface area contributed by atoms with Crippen molar-refractivity contribution in [3.8, 4) is 55.6 Å². The van der Waals surface area contributed by atoms with Crippen LogP contribution in [0.2, 0.25) is 0 Å². The number of aromatic nitrogens is 2. The number of hydrogen-bond acceptors (Lipinski definition) is 2. The summed E-state index contributed by atoms with van der Waals surface area (Å²) in [5.74, 6) is 0. The Morgan fingerprint density at radius 1 is 0.250 bits per heavy atom. The standard InChI is InChI=1S/C54H34N2/c1-3-11-39-27-43(23-21-35(39)9-1)53-48-14-6-7-15-49(48)54(44-24-22-36-10-2-4-12-40(36)28-44)51-31-41(25-26-50(51)53)37-17-19-38(20-18-37)45-30-46(33-55-32-45)47-29-42-13-5-8-16-52(42)56-34-47/h1-34H. The Balaban J connectivity index is 1.07. The molecule has 0 aliphatic heterocycles. The highest BCUT2D eigenvalue weighted by molar-refractivity contribution is 6.22. The lowest BCUT2D eigenvalue weighted by Crippen LogP contribution is -1.92. The van der Waals surface area contributed by atoms with Crippen molar-refractivity contribution in [3.05, 3.63) is 207 Å². The molecule has 0 saturated carbocycles. The summed E-state index contributed by atoms with van der Waals surface area (Å²) in [4.78, 5) is 9.33. The largest absolute Gasteiger partial charge is 0.263 e. The van der Waals surface area contributed by atoms with E-state index in [4.69, 9.17) is 0 Å². The van der Waals surface area contributed by atoms with Crippen LogP contribution in [-0.4, -0.2) is 9.97 Å². The second-order valence-corrected chi connectivity index (χ2v) is 14.6. The fourth-order valence-corrected chi connectivity index (χ4v) is 8.51. The van der Waals surface area contributed by atoms with Crippen LogP contribution in [0.5, 0.6) is 0 Å². The van der Waals surface area contributed by atoms with E-state index in [1.807, 2.05) is 30.7 Å². The number of rotatable bonds is 5. The first-order chi connectivity index (χ1) is 27.7. The smallest absolute Gasteiger partial charge is 0.0702 e. The first-order valence-electron chi connectivity index (χ1n) is 19.1. The molecule has 2 nitrogen and oxygen atoms in total. The van der Waals surface area contributed by atoms with Crippen molar-refractivity contribution in [1.82, 2.24) is 9.97 Å². The molecule has 2 heterocycles. The van der Waals surface area contributed by atoms with Gasteiger partial charge in [0.15, 0.2) is 0 Å². The van der Waals surface area contributed by atoms with Crippen molar-refractivity contribution >= 4 is 54.0 Å². The van der Waals surface area contributed by atoms with Crippen molar-refractivity contribution in [2.75, 3.05) is 0 Å². The maximum Gasteiger partial charge on any atom is 0.0702 e. The van der Waals surface area contributed by atoms with E-state index in [-0.39, 0.29) is 0 Å². The maximum atomic E-state index is 4.69. The molecule has 9 aromatic carbocycles. The summed E-state index contributed by atoms with van der Waals surface area (Å²) in [6, 6.07) is 68.5. The van der Waals surface area contributed by atoms with Crippen LogP contribution < -0.4 is 0 Å². The van der Waals surface area contributed by atoms with Gasteiger partial charge in [-0.3, -0.25) is 9.97 Å². The molecule has 0 bridgehead atoms. The van der Waals surface area contributed by atoms with Crippen LogP contribution in [0.4, 0.5) is 0 Å². The Labute approximate surface area is 325 Å². The average molecular weight is 711 g/mol. The highest BCUT2D eigenvalue weighted by atomic mass is 14.7. The predicted octanol–water partition coefficient (Wildman–Crippen LogP) is 14.6. The molecular formula is C54H34N2. The van der Waals surface area contributed by atoms with Gasteiger partial charge >= 0.3 is 0 Å². The Bertz CT molecular complexity index is 3310. The topological polar surface area (TPSA) is 25.8 Å². The lowest BCUT2D eigenvalue weighted by molar-refractivity contribution is 1.32. The number of fused-ring (bicyclic) bond motifs is 5. The van der Waals surface area contributed by atoms with Crippen LogP contribution >= 0.6 is 0 Å².